The number of fused-ring (bicyclic) bond motifs is 1. The number of rotatable bonds is 6. The van der Waals surface area contributed by atoms with Crippen LogP contribution in [0.1, 0.15) is 30.8 Å². The smallest absolute Gasteiger partial charge is 0.240 e. The third kappa shape index (κ3) is 3.66. The highest BCUT2D eigenvalue weighted by atomic mass is 16.5. The Morgan fingerprint density at radius 3 is 2.52 bits per heavy atom. The van der Waals surface area contributed by atoms with E-state index in [0.29, 0.717) is 17.4 Å². The normalized spacial score (nSPS) is 12.2. The number of ether oxygens (including phenoxy) is 1. The summed E-state index contributed by atoms with van der Waals surface area (Å²) < 4.78 is 8.14. The monoisotopic (exact) mass is 410 g/mol. The van der Waals surface area contributed by atoms with Gasteiger partial charge in [0, 0.05) is 23.5 Å². The van der Waals surface area contributed by atoms with Gasteiger partial charge in [0.1, 0.15) is 5.82 Å². The van der Waals surface area contributed by atoms with Gasteiger partial charge in [-0.1, -0.05) is 67.1 Å². The third-order valence-corrected chi connectivity index (χ3v) is 5.20. The van der Waals surface area contributed by atoms with Crippen molar-refractivity contribution in [3.8, 4) is 28.4 Å². The molecular weight excluding hydrogens is 388 g/mol. The lowest BCUT2D eigenvalue weighted by molar-refractivity contribution is 0.182. The number of imidazole rings is 1. The molecule has 0 radical (unpaired) electrons. The maximum absolute atomic E-state index is 6.40. The van der Waals surface area contributed by atoms with Crippen LogP contribution in [0, 0.1) is 6.92 Å². The molecular formula is C24H22N6O. The number of hydrogen-bond donors (Lipinski definition) is 1. The van der Waals surface area contributed by atoms with E-state index in [-0.39, 0.29) is 6.10 Å². The Bertz CT molecular complexity index is 1290. The van der Waals surface area contributed by atoms with E-state index in [1.165, 1.54) is 5.56 Å². The Kier molecular flexibility index (Phi) is 4.92. The molecule has 1 unspecified atom stereocenters. The molecule has 154 valence electrons. The van der Waals surface area contributed by atoms with Crippen LogP contribution in [0.2, 0.25) is 0 Å². The molecule has 0 fully saturated rings. The first-order valence-corrected chi connectivity index (χ1v) is 10.3. The fourth-order valence-corrected chi connectivity index (χ4v) is 3.53. The van der Waals surface area contributed by atoms with Crippen LogP contribution in [0.5, 0.6) is 5.88 Å². The van der Waals surface area contributed by atoms with Gasteiger partial charge < -0.3 is 9.72 Å². The first-order chi connectivity index (χ1) is 15.2. The lowest BCUT2D eigenvalue weighted by Crippen LogP contribution is -2.11. The molecule has 0 amide bonds. The minimum atomic E-state index is -0.248. The van der Waals surface area contributed by atoms with Crippen LogP contribution in [0.15, 0.2) is 73.1 Å². The molecule has 0 aliphatic heterocycles. The number of aryl methyl sites for hydroxylation is 1. The summed E-state index contributed by atoms with van der Waals surface area (Å²) in [7, 11) is 0. The van der Waals surface area contributed by atoms with Gasteiger partial charge in [0.25, 0.3) is 0 Å². The molecule has 0 saturated carbocycles. The lowest BCUT2D eigenvalue weighted by Gasteiger charge is -2.17. The molecule has 3 heterocycles. The Balaban J connectivity index is 1.66. The van der Waals surface area contributed by atoms with Crippen LogP contribution >= 0.6 is 0 Å². The summed E-state index contributed by atoms with van der Waals surface area (Å²) in [5.41, 5.74) is 4.66. The quantitative estimate of drug-likeness (QED) is 0.425. The van der Waals surface area contributed by atoms with E-state index in [2.05, 4.69) is 46.1 Å². The van der Waals surface area contributed by atoms with Crippen molar-refractivity contribution in [3.05, 3.63) is 84.4 Å². The molecule has 7 heteroatoms. The van der Waals surface area contributed by atoms with Crippen LogP contribution in [-0.2, 0) is 0 Å². The Hall–Kier alpha value is -4.00. The molecule has 2 aromatic carbocycles. The van der Waals surface area contributed by atoms with Crippen LogP contribution in [0.25, 0.3) is 28.2 Å². The second kappa shape index (κ2) is 8.02. The molecule has 7 nitrogen and oxygen atoms in total. The zero-order valence-corrected chi connectivity index (χ0v) is 17.4. The highest BCUT2D eigenvalue weighted by molar-refractivity contribution is 5.73. The van der Waals surface area contributed by atoms with Crippen LogP contribution in [0.3, 0.4) is 0 Å². The molecule has 0 aliphatic rings. The molecule has 0 bridgehead atoms. The largest absolute Gasteiger partial charge is 0.465 e. The Morgan fingerprint density at radius 2 is 1.81 bits per heavy atom. The number of aromatic nitrogens is 6. The number of H-pyrrole nitrogens is 1. The van der Waals surface area contributed by atoms with Gasteiger partial charge in [-0.15, -0.1) is 15.3 Å². The number of nitrogens with zero attached hydrogens (tertiary/aromatic N) is 5. The van der Waals surface area contributed by atoms with Crippen molar-refractivity contribution in [3.63, 3.8) is 0 Å². The highest BCUT2D eigenvalue weighted by Gasteiger charge is 2.20. The van der Waals surface area contributed by atoms with Crippen molar-refractivity contribution in [2.45, 2.75) is 26.4 Å². The minimum Gasteiger partial charge on any atom is -0.465 e. The Labute approximate surface area is 179 Å². The number of benzene rings is 2. The first-order valence-electron chi connectivity index (χ1n) is 10.3. The average molecular weight is 410 g/mol. The molecule has 0 saturated heterocycles. The van der Waals surface area contributed by atoms with E-state index >= 15 is 0 Å². The third-order valence-electron chi connectivity index (χ3n) is 5.20. The predicted molar refractivity (Wildman–Crippen MR) is 119 cm³/mol. The zero-order chi connectivity index (χ0) is 21.2. The number of hydrogen-bond acceptors (Lipinski definition) is 5. The van der Waals surface area contributed by atoms with Gasteiger partial charge in [0.15, 0.2) is 17.6 Å². The molecule has 31 heavy (non-hydrogen) atoms. The molecule has 3 aromatic heterocycles. The molecule has 1 N–H and O–H groups in total. The van der Waals surface area contributed by atoms with Crippen LogP contribution in [-0.4, -0.2) is 29.8 Å². The maximum atomic E-state index is 6.40. The van der Waals surface area contributed by atoms with Crippen LogP contribution < -0.4 is 4.74 Å². The van der Waals surface area contributed by atoms with Gasteiger partial charge >= 0.3 is 0 Å². The van der Waals surface area contributed by atoms with Crippen molar-refractivity contribution in [1.29, 1.82) is 0 Å². The summed E-state index contributed by atoms with van der Waals surface area (Å²) in [5, 5.41) is 13.6. The highest BCUT2D eigenvalue weighted by Crippen LogP contribution is 2.33. The lowest BCUT2D eigenvalue weighted by atomic mass is 10.1. The summed E-state index contributed by atoms with van der Waals surface area (Å²) in [6.07, 6.45) is 4.02. The van der Waals surface area contributed by atoms with E-state index in [0.717, 1.165) is 28.9 Å². The second-order valence-electron chi connectivity index (χ2n) is 7.38. The van der Waals surface area contributed by atoms with E-state index in [9.17, 15) is 0 Å². The van der Waals surface area contributed by atoms with E-state index in [1.54, 1.807) is 16.9 Å². The molecule has 1 atom stereocenters. The standard InChI is InChI=1S/C24H22N6O/c1-3-20(22-25-13-14-26-22)31-24-19(17-7-5-4-6-8-17)15-21-27-28-23(30(21)29-24)18-11-9-16(2)10-12-18/h4-15,20H,3H2,1-2H3,(H,25,26). The van der Waals surface area contributed by atoms with E-state index in [4.69, 9.17) is 9.84 Å². The van der Waals surface area contributed by atoms with Crippen molar-refractivity contribution >= 4 is 5.65 Å². The SMILES string of the molecule is CCC(Oc1nn2c(-c3ccc(C)cc3)nnc2cc1-c1ccccc1)c1ncc[nH]1. The number of nitrogens with one attached hydrogen (secondary N) is 1. The van der Waals surface area contributed by atoms with Gasteiger partial charge in [-0.05, 0) is 25.0 Å². The van der Waals surface area contributed by atoms with Gasteiger partial charge in [-0.25, -0.2) is 4.98 Å². The van der Waals surface area contributed by atoms with Gasteiger partial charge in [-0.3, -0.25) is 0 Å². The van der Waals surface area contributed by atoms with Crippen molar-refractivity contribution in [1.82, 2.24) is 29.8 Å². The molecule has 5 rings (SSSR count). The molecule has 0 aliphatic carbocycles. The summed E-state index contributed by atoms with van der Waals surface area (Å²) in [6, 6.07) is 20.2. The van der Waals surface area contributed by atoms with Gasteiger partial charge in [-0.2, -0.15) is 4.52 Å². The summed E-state index contributed by atoms with van der Waals surface area (Å²) >= 11 is 0. The fourth-order valence-electron chi connectivity index (χ4n) is 3.53. The van der Waals surface area contributed by atoms with Gasteiger partial charge in [0.2, 0.25) is 5.88 Å². The molecule has 0 spiro atoms. The zero-order valence-electron chi connectivity index (χ0n) is 17.4. The minimum absolute atomic E-state index is 0.248. The fraction of sp³-hybridized carbons (Fsp3) is 0.167. The van der Waals surface area contributed by atoms with Crippen molar-refractivity contribution in [2.75, 3.05) is 0 Å². The topological polar surface area (TPSA) is 81.0 Å². The second-order valence-corrected chi connectivity index (χ2v) is 7.38. The summed E-state index contributed by atoms with van der Waals surface area (Å²) in [4.78, 5) is 7.52. The van der Waals surface area contributed by atoms with Crippen molar-refractivity contribution < 1.29 is 4.74 Å². The van der Waals surface area contributed by atoms with Gasteiger partial charge in [0.05, 0.1) is 0 Å². The first kappa shape index (κ1) is 19.0. The van der Waals surface area contributed by atoms with E-state index in [1.807, 2.05) is 48.5 Å². The van der Waals surface area contributed by atoms with Crippen LogP contribution in [0.4, 0.5) is 0 Å². The summed E-state index contributed by atoms with van der Waals surface area (Å²) in [5.74, 6) is 1.95. The Morgan fingerprint density at radius 1 is 1.00 bits per heavy atom. The predicted octanol–water partition coefficient (Wildman–Crippen LogP) is 5.02. The average Bonchev–Trinajstić information content (AvgIpc) is 3.48. The summed E-state index contributed by atoms with van der Waals surface area (Å²) in [6.45, 7) is 4.12. The maximum Gasteiger partial charge on any atom is 0.240 e. The number of aromatic amines is 1. The van der Waals surface area contributed by atoms with Crippen molar-refractivity contribution in [2.24, 2.45) is 0 Å². The van der Waals surface area contributed by atoms with E-state index < -0.39 is 0 Å². The molecule has 5 aromatic rings.